The molecule has 0 nitrogen and oxygen atoms in total. The number of benzene rings is 7. The van der Waals surface area contributed by atoms with Crippen molar-refractivity contribution in [3.63, 3.8) is 0 Å². The van der Waals surface area contributed by atoms with E-state index in [0.717, 1.165) is 0 Å². The first-order valence-electron chi connectivity index (χ1n) is 12.9. The minimum absolute atomic E-state index is 1.25. The molecule has 7 rings (SSSR count). The van der Waals surface area contributed by atoms with Crippen molar-refractivity contribution in [3.05, 3.63) is 145 Å². The summed E-state index contributed by atoms with van der Waals surface area (Å²) in [6.45, 7) is 2.17. The fraction of sp³-hybridized carbons (Fsp3) is 0.0270. The lowest BCUT2D eigenvalue weighted by molar-refractivity contribution is 1.47. The highest BCUT2D eigenvalue weighted by atomic mass is 14.2. The highest BCUT2D eigenvalue weighted by Gasteiger charge is 2.17. The van der Waals surface area contributed by atoms with E-state index in [0.29, 0.717) is 0 Å². The minimum Gasteiger partial charge on any atom is -0.0622 e. The Kier molecular flexibility index (Phi) is 5.11. The van der Waals surface area contributed by atoms with Crippen LogP contribution in [0.4, 0.5) is 0 Å². The van der Waals surface area contributed by atoms with Crippen molar-refractivity contribution in [2.45, 2.75) is 6.92 Å². The molecule has 0 unspecified atom stereocenters. The summed E-state index contributed by atoms with van der Waals surface area (Å²) < 4.78 is 0. The summed E-state index contributed by atoms with van der Waals surface area (Å²) in [6.07, 6.45) is 0. The Bertz CT molecular complexity index is 1870. The van der Waals surface area contributed by atoms with Crippen molar-refractivity contribution in [2.24, 2.45) is 0 Å². The molecule has 0 saturated carbocycles. The van der Waals surface area contributed by atoms with Gasteiger partial charge in [0.1, 0.15) is 0 Å². The average Bonchev–Trinajstić information content (AvgIpc) is 2.95. The van der Waals surface area contributed by atoms with Crippen molar-refractivity contribution in [1.82, 2.24) is 0 Å². The lowest BCUT2D eigenvalue weighted by Gasteiger charge is -2.18. The van der Waals surface area contributed by atoms with Gasteiger partial charge in [-0.25, -0.2) is 0 Å². The topological polar surface area (TPSA) is 0 Å². The number of hydrogen-bond donors (Lipinski definition) is 0. The predicted molar refractivity (Wildman–Crippen MR) is 160 cm³/mol. The quantitative estimate of drug-likeness (QED) is 0.225. The second kappa shape index (κ2) is 8.76. The Morgan fingerprint density at radius 2 is 0.892 bits per heavy atom. The van der Waals surface area contributed by atoms with Gasteiger partial charge in [0.25, 0.3) is 0 Å². The van der Waals surface area contributed by atoms with Gasteiger partial charge in [-0.3, -0.25) is 0 Å². The monoisotopic (exact) mass is 470 g/mol. The number of aryl methyl sites for hydroxylation is 1. The third-order valence-electron chi connectivity index (χ3n) is 7.49. The van der Waals surface area contributed by atoms with Gasteiger partial charge >= 0.3 is 0 Å². The zero-order valence-electron chi connectivity index (χ0n) is 20.8. The molecular formula is C37H26. The zero-order valence-corrected chi connectivity index (χ0v) is 20.8. The fourth-order valence-corrected chi connectivity index (χ4v) is 5.85. The molecule has 37 heavy (non-hydrogen) atoms. The van der Waals surface area contributed by atoms with Gasteiger partial charge < -0.3 is 0 Å². The van der Waals surface area contributed by atoms with Crippen LogP contribution in [0.15, 0.2) is 140 Å². The van der Waals surface area contributed by atoms with Crippen LogP contribution in [0.25, 0.3) is 65.7 Å². The van der Waals surface area contributed by atoms with Crippen molar-refractivity contribution in [1.29, 1.82) is 0 Å². The van der Waals surface area contributed by atoms with Gasteiger partial charge in [-0.2, -0.15) is 0 Å². The Morgan fingerprint density at radius 1 is 0.351 bits per heavy atom. The molecule has 0 fully saturated rings. The van der Waals surface area contributed by atoms with Gasteiger partial charge in [0.05, 0.1) is 0 Å². The van der Waals surface area contributed by atoms with E-state index in [-0.39, 0.29) is 0 Å². The Morgan fingerprint density at radius 3 is 1.51 bits per heavy atom. The average molecular weight is 471 g/mol. The van der Waals surface area contributed by atoms with Crippen molar-refractivity contribution < 1.29 is 0 Å². The molecule has 0 amide bonds. The third-order valence-corrected chi connectivity index (χ3v) is 7.49. The summed E-state index contributed by atoms with van der Waals surface area (Å²) in [4.78, 5) is 0. The maximum absolute atomic E-state index is 2.39. The summed E-state index contributed by atoms with van der Waals surface area (Å²) in [5.41, 5.74) is 8.91. The molecule has 0 aliphatic rings. The molecule has 0 atom stereocenters. The second-order valence-corrected chi connectivity index (χ2v) is 9.82. The van der Waals surface area contributed by atoms with E-state index < -0.39 is 0 Å². The van der Waals surface area contributed by atoms with Crippen LogP contribution >= 0.6 is 0 Å². The second-order valence-electron chi connectivity index (χ2n) is 9.82. The van der Waals surface area contributed by atoms with Crippen LogP contribution in [0, 0.1) is 6.92 Å². The molecule has 0 bridgehead atoms. The molecule has 7 aromatic carbocycles. The van der Waals surface area contributed by atoms with E-state index in [1.807, 2.05) is 0 Å². The molecular weight excluding hydrogens is 444 g/mol. The van der Waals surface area contributed by atoms with Crippen LogP contribution in [0.3, 0.4) is 0 Å². The highest BCUT2D eigenvalue weighted by molar-refractivity contribution is 6.21. The molecule has 0 saturated heterocycles. The van der Waals surface area contributed by atoms with Gasteiger partial charge in [0.2, 0.25) is 0 Å². The first-order valence-corrected chi connectivity index (χ1v) is 12.9. The maximum atomic E-state index is 2.39. The van der Waals surface area contributed by atoms with Gasteiger partial charge in [-0.15, -0.1) is 0 Å². The molecule has 0 radical (unpaired) electrons. The number of rotatable bonds is 3. The molecule has 0 aromatic heterocycles. The summed E-state index contributed by atoms with van der Waals surface area (Å²) in [7, 11) is 0. The van der Waals surface area contributed by atoms with Crippen molar-refractivity contribution >= 4 is 32.3 Å². The smallest absolute Gasteiger partial charge is 0.00261 e. The molecule has 0 heteroatoms. The van der Waals surface area contributed by atoms with E-state index in [2.05, 4.69) is 146 Å². The van der Waals surface area contributed by atoms with Crippen molar-refractivity contribution in [2.75, 3.05) is 0 Å². The summed E-state index contributed by atoms with van der Waals surface area (Å²) in [6, 6.07) is 50.9. The van der Waals surface area contributed by atoms with Crippen LogP contribution in [0.1, 0.15) is 5.56 Å². The van der Waals surface area contributed by atoms with E-state index in [1.165, 1.54) is 71.3 Å². The zero-order chi connectivity index (χ0) is 24.8. The largest absolute Gasteiger partial charge is 0.0622 e. The molecule has 0 heterocycles. The highest BCUT2D eigenvalue weighted by Crippen LogP contribution is 2.44. The maximum Gasteiger partial charge on any atom is -0.00261 e. The standard InChI is InChI=1S/C37H26/c1-25-11-9-15-28(23-25)36-31-16-5-7-18-33(31)37(34-19-8-6-17-32(34)36)29-22-21-27-14-10-20-30(35(27)24-29)26-12-3-2-4-13-26/h2-24H,1H3. The molecule has 174 valence electrons. The van der Waals surface area contributed by atoms with Crippen LogP contribution in [-0.2, 0) is 0 Å². The van der Waals surface area contributed by atoms with Crippen LogP contribution in [0.5, 0.6) is 0 Å². The van der Waals surface area contributed by atoms with Crippen molar-refractivity contribution in [3.8, 4) is 33.4 Å². The van der Waals surface area contributed by atoms with E-state index in [1.54, 1.807) is 0 Å². The Balaban J connectivity index is 1.58. The summed E-state index contributed by atoms with van der Waals surface area (Å²) >= 11 is 0. The number of fused-ring (bicyclic) bond motifs is 3. The van der Waals surface area contributed by atoms with Gasteiger partial charge in [-0.05, 0) is 78.7 Å². The summed E-state index contributed by atoms with van der Waals surface area (Å²) in [5, 5.41) is 7.69. The lowest BCUT2D eigenvalue weighted by Crippen LogP contribution is -1.91. The van der Waals surface area contributed by atoms with Gasteiger partial charge in [0, 0.05) is 0 Å². The predicted octanol–water partition coefficient (Wildman–Crippen LogP) is 10.5. The Hall–Kier alpha value is -4.68. The first-order chi connectivity index (χ1) is 18.3. The molecule has 0 aliphatic heterocycles. The SMILES string of the molecule is Cc1cccc(-c2c3ccccc3c(-c3ccc4cccc(-c5ccccc5)c4c3)c3ccccc23)c1. The van der Waals surface area contributed by atoms with Crippen LogP contribution in [-0.4, -0.2) is 0 Å². The molecule has 0 aliphatic carbocycles. The molecule has 0 N–H and O–H groups in total. The molecule has 0 spiro atoms. The first kappa shape index (κ1) is 21.6. The summed E-state index contributed by atoms with van der Waals surface area (Å²) in [5.74, 6) is 0. The van der Waals surface area contributed by atoms with E-state index in [9.17, 15) is 0 Å². The molecule has 7 aromatic rings. The van der Waals surface area contributed by atoms with Gasteiger partial charge in [-0.1, -0.05) is 139 Å². The minimum atomic E-state index is 1.25. The number of hydrogen-bond acceptors (Lipinski definition) is 0. The van der Waals surface area contributed by atoms with Gasteiger partial charge in [0.15, 0.2) is 0 Å². The fourth-order valence-electron chi connectivity index (χ4n) is 5.85. The van der Waals surface area contributed by atoms with E-state index >= 15 is 0 Å². The Labute approximate surface area is 217 Å². The van der Waals surface area contributed by atoms with Crippen LogP contribution < -0.4 is 0 Å². The lowest BCUT2D eigenvalue weighted by atomic mass is 9.85. The van der Waals surface area contributed by atoms with E-state index in [4.69, 9.17) is 0 Å². The third kappa shape index (κ3) is 3.61. The van der Waals surface area contributed by atoms with Crippen LogP contribution in [0.2, 0.25) is 0 Å². The normalized spacial score (nSPS) is 11.4.